The molecule has 0 aliphatic rings. The molecule has 8 aromatic carbocycles. The first-order valence-electron chi connectivity index (χ1n) is 18.7. The van der Waals surface area contributed by atoms with Crippen LogP contribution in [-0.2, 0) is 0 Å². The van der Waals surface area contributed by atoms with Crippen molar-refractivity contribution in [2.75, 3.05) is 0 Å². The largest absolute Gasteiger partial charge is 0.455 e. The minimum Gasteiger partial charge on any atom is -0.455 e. The molecule has 4 nitrogen and oxygen atoms in total. The van der Waals surface area contributed by atoms with Gasteiger partial charge < -0.3 is 4.42 Å². The molecule has 3 aromatic heterocycles. The predicted octanol–water partition coefficient (Wildman–Crippen LogP) is 14.1. The van der Waals surface area contributed by atoms with E-state index in [9.17, 15) is 0 Å². The van der Waals surface area contributed by atoms with E-state index in [1.54, 1.807) is 0 Å². The van der Waals surface area contributed by atoms with Gasteiger partial charge in [-0.05, 0) is 52.1 Å². The summed E-state index contributed by atoms with van der Waals surface area (Å²) in [7, 11) is 0. The molecule has 11 rings (SSSR count). The highest BCUT2D eigenvalue weighted by Gasteiger charge is 2.20. The molecule has 0 amide bonds. The maximum absolute atomic E-state index is 6.83. The number of aromatic nitrogens is 3. The zero-order chi connectivity index (χ0) is 37.0. The molecular weight excluding hydrogens is 703 g/mol. The van der Waals surface area contributed by atoms with Crippen LogP contribution in [-0.4, -0.2) is 15.0 Å². The molecule has 11 aromatic rings. The normalized spacial score (nSPS) is 11.6. The fourth-order valence-electron chi connectivity index (χ4n) is 7.92. The van der Waals surface area contributed by atoms with Crippen LogP contribution in [0.3, 0.4) is 0 Å². The van der Waals surface area contributed by atoms with Crippen molar-refractivity contribution in [2.24, 2.45) is 0 Å². The lowest BCUT2D eigenvalue weighted by molar-refractivity contribution is 0.670. The van der Waals surface area contributed by atoms with Crippen molar-refractivity contribution >= 4 is 53.4 Å². The number of furan rings is 1. The summed E-state index contributed by atoms with van der Waals surface area (Å²) in [5.74, 6) is 1.90. The highest BCUT2D eigenvalue weighted by Crippen LogP contribution is 2.46. The first-order valence-corrected chi connectivity index (χ1v) is 19.5. The molecule has 0 saturated carbocycles. The Hall–Kier alpha value is -7.21. The number of rotatable bonds is 6. The van der Waals surface area contributed by atoms with Gasteiger partial charge in [0.1, 0.15) is 11.2 Å². The van der Waals surface area contributed by atoms with Gasteiger partial charge in [-0.2, -0.15) is 0 Å². The molecule has 0 unspecified atom stereocenters. The zero-order valence-electron chi connectivity index (χ0n) is 30.1. The molecule has 0 atom stereocenters. The van der Waals surface area contributed by atoms with Crippen LogP contribution in [0.2, 0.25) is 0 Å². The minimum absolute atomic E-state index is 0.623. The van der Waals surface area contributed by atoms with E-state index in [0.717, 1.165) is 55.3 Å². The third kappa shape index (κ3) is 5.48. The van der Waals surface area contributed by atoms with E-state index in [1.807, 2.05) is 72.0 Å². The molecule has 0 aliphatic carbocycles. The monoisotopic (exact) mass is 733 g/mol. The average molecular weight is 734 g/mol. The summed E-state index contributed by atoms with van der Waals surface area (Å²) in [6.45, 7) is 0. The lowest BCUT2D eigenvalue weighted by Crippen LogP contribution is -2.00. The van der Waals surface area contributed by atoms with E-state index < -0.39 is 0 Å². The summed E-state index contributed by atoms with van der Waals surface area (Å²) >= 11 is 1.84. The summed E-state index contributed by atoms with van der Waals surface area (Å²) in [5.41, 5.74) is 11.4. The lowest BCUT2D eigenvalue weighted by Gasteiger charge is -2.10. The van der Waals surface area contributed by atoms with E-state index in [1.165, 1.54) is 36.9 Å². The van der Waals surface area contributed by atoms with E-state index in [-0.39, 0.29) is 0 Å². The van der Waals surface area contributed by atoms with Crippen LogP contribution >= 0.6 is 11.3 Å². The first-order chi connectivity index (χ1) is 27.7. The summed E-state index contributed by atoms with van der Waals surface area (Å²) in [4.78, 5) is 14.9. The smallest absolute Gasteiger partial charge is 0.164 e. The number of nitrogens with zero attached hydrogens (tertiary/aromatic N) is 3. The van der Waals surface area contributed by atoms with Gasteiger partial charge in [-0.15, -0.1) is 11.3 Å². The third-order valence-electron chi connectivity index (χ3n) is 10.5. The van der Waals surface area contributed by atoms with Crippen LogP contribution in [0.5, 0.6) is 0 Å². The Kier molecular flexibility index (Phi) is 7.64. The quantitative estimate of drug-likeness (QED) is 0.171. The molecule has 0 bridgehead atoms. The lowest BCUT2D eigenvalue weighted by atomic mass is 9.94. The Morgan fingerprint density at radius 3 is 1.64 bits per heavy atom. The Labute approximate surface area is 327 Å². The van der Waals surface area contributed by atoms with Crippen LogP contribution < -0.4 is 0 Å². The molecule has 0 fully saturated rings. The van der Waals surface area contributed by atoms with Gasteiger partial charge >= 0.3 is 0 Å². The Morgan fingerprint density at radius 1 is 0.339 bits per heavy atom. The second-order valence-corrected chi connectivity index (χ2v) is 15.0. The van der Waals surface area contributed by atoms with Crippen molar-refractivity contribution in [1.82, 2.24) is 15.0 Å². The maximum atomic E-state index is 6.83. The Morgan fingerprint density at radius 2 is 0.911 bits per heavy atom. The number of thiophene rings is 1. The fourth-order valence-corrected chi connectivity index (χ4v) is 9.10. The van der Waals surface area contributed by atoms with Gasteiger partial charge in [0.15, 0.2) is 17.5 Å². The number of hydrogen-bond donors (Lipinski definition) is 0. The number of benzene rings is 8. The van der Waals surface area contributed by atoms with E-state index in [0.29, 0.717) is 17.5 Å². The van der Waals surface area contributed by atoms with Gasteiger partial charge in [0.05, 0.1) is 0 Å². The summed E-state index contributed by atoms with van der Waals surface area (Å²) in [6.07, 6.45) is 0. The highest BCUT2D eigenvalue weighted by atomic mass is 32.1. The number of fused-ring (bicyclic) bond motifs is 6. The van der Waals surface area contributed by atoms with Crippen LogP contribution in [0.4, 0.5) is 0 Å². The molecule has 0 saturated heterocycles. The molecule has 3 heterocycles. The Balaban J connectivity index is 1.05. The summed E-state index contributed by atoms with van der Waals surface area (Å²) < 4.78 is 9.37. The molecule has 0 aliphatic heterocycles. The van der Waals surface area contributed by atoms with E-state index in [4.69, 9.17) is 19.4 Å². The van der Waals surface area contributed by atoms with Gasteiger partial charge in [0.2, 0.25) is 0 Å². The second-order valence-electron chi connectivity index (χ2n) is 13.9. The van der Waals surface area contributed by atoms with Crippen LogP contribution in [0.15, 0.2) is 192 Å². The predicted molar refractivity (Wildman–Crippen MR) is 233 cm³/mol. The molecular formula is C51H31N3OS. The number of hydrogen-bond acceptors (Lipinski definition) is 5. The maximum Gasteiger partial charge on any atom is 0.164 e. The van der Waals surface area contributed by atoms with E-state index >= 15 is 0 Å². The van der Waals surface area contributed by atoms with Crippen molar-refractivity contribution in [1.29, 1.82) is 0 Å². The molecule has 0 radical (unpaired) electrons. The van der Waals surface area contributed by atoms with Crippen molar-refractivity contribution in [2.45, 2.75) is 0 Å². The minimum atomic E-state index is 0.623. The zero-order valence-corrected chi connectivity index (χ0v) is 30.9. The molecule has 262 valence electrons. The SMILES string of the molecule is c1ccc(-c2ccc3c(c2)sc2cccc(-c4cccc5c4oc4cccc(-c6cccc(-c7nc(-c8ccccc8)nc(-c8ccccc8)n7)c6)c45)c23)cc1. The van der Waals surface area contributed by atoms with Crippen molar-refractivity contribution in [3.05, 3.63) is 188 Å². The van der Waals surface area contributed by atoms with Gasteiger partial charge in [-0.1, -0.05) is 164 Å². The molecule has 56 heavy (non-hydrogen) atoms. The van der Waals surface area contributed by atoms with Crippen molar-refractivity contribution < 1.29 is 4.42 Å². The van der Waals surface area contributed by atoms with Crippen LogP contribution in [0, 0.1) is 0 Å². The standard InChI is InChI=1S/C51H31N3OS/c1-4-14-32(15-5-1)35-28-29-41-45(31-35)56-44-27-13-23-39(47(41)44)40-24-11-25-42-46-38(22-12-26-43(46)55-48(40)42)36-20-10-21-37(30-36)51-53-49(33-16-6-2-7-17-33)52-50(54-51)34-18-8-3-9-19-34/h1-31H. The number of para-hydroxylation sites is 1. The third-order valence-corrected chi connectivity index (χ3v) is 11.7. The molecule has 0 spiro atoms. The van der Waals surface area contributed by atoms with Crippen molar-refractivity contribution in [3.63, 3.8) is 0 Å². The molecule has 5 heteroatoms. The van der Waals surface area contributed by atoms with Crippen LogP contribution in [0.1, 0.15) is 0 Å². The van der Waals surface area contributed by atoms with Gasteiger partial charge in [-0.25, -0.2) is 15.0 Å². The van der Waals surface area contributed by atoms with Gasteiger partial charge in [-0.3, -0.25) is 0 Å². The first kappa shape index (κ1) is 32.2. The summed E-state index contributed by atoms with van der Waals surface area (Å²) in [6, 6.07) is 65.6. The average Bonchev–Trinajstić information content (AvgIpc) is 3.86. The van der Waals surface area contributed by atoms with Crippen molar-refractivity contribution in [3.8, 4) is 67.5 Å². The second kappa shape index (κ2) is 13.3. The van der Waals surface area contributed by atoms with Gasteiger partial charge in [0.25, 0.3) is 0 Å². The topological polar surface area (TPSA) is 51.8 Å². The Bertz CT molecular complexity index is 3180. The van der Waals surface area contributed by atoms with Gasteiger partial charge in [0, 0.05) is 53.2 Å². The summed E-state index contributed by atoms with van der Waals surface area (Å²) in [5, 5.41) is 4.69. The van der Waals surface area contributed by atoms with E-state index in [2.05, 4.69) is 127 Å². The molecule has 0 N–H and O–H groups in total. The van der Waals surface area contributed by atoms with Crippen LogP contribution in [0.25, 0.3) is 110 Å². The highest BCUT2D eigenvalue weighted by molar-refractivity contribution is 7.26. The fraction of sp³-hybridized carbons (Fsp3) is 0.